The fraction of sp³-hybridized carbons (Fsp3) is 0.571. The summed E-state index contributed by atoms with van der Waals surface area (Å²) in [5.41, 5.74) is 1.13. The molecule has 0 fully saturated rings. The molecule has 1 unspecified atom stereocenters. The maximum absolute atomic E-state index is 4.47. The highest BCUT2D eigenvalue weighted by Crippen LogP contribution is 2.08. The Morgan fingerprint density at radius 3 is 2.89 bits per heavy atom. The molecule has 0 amide bonds. The molecule has 1 atom stereocenters. The van der Waals surface area contributed by atoms with Crippen LogP contribution in [0, 0.1) is 13.8 Å². The van der Waals surface area contributed by atoms with Gasteiger partial charge in [-0.3, -0.25) is 0 Å². The van der Waals surface area contributed by atoms with Gasteiger partial charge in [-0.15, -0.1) is 11.3 Å². The van der Waals surface area contributed by atoms with Gasteiger partial charge < -0.3 is 9.88 Å². The third kappa shape index (κ3) is 4.44. The smallest absolute Gasteiger partial charge is 0.105 e. The van der Waals surface area contributed by atoms with E-state index in [1.807, 2.05) is 26.2 Å². The second-order valence-electron chi connectivity index (χ2n) is 4.94. The van der Waals surface area contributed by atoms with Crippen LogP contribution in [0.2, 0.25) is 0 Å². The first kappa shape index (κ1) is 14.2. The monoisotopic (exact) mass is 278 g/mol. The van der Waals surface area contributed by atoms with E-state index in [1.165, 1.54) is 5.01 Å². The lowest BCUT2D eigenvalue weighted by atomic mass is 10.2. The van der Waals surface area contributed by atoms with Crippen molar-refractivity contribution >= 4 is 11.3 Å². The molecule has 104 valence electrons. The van der Waals surface area contributed by atoms with Crippen molar-refractivity contribution in [2.24, 2.45) is 0 Å². The van der Waals surface area contributed by atoms with Crippen LogP contribution < -0.4 is 5.32 Å². The van der Waals surface area contributed by atoms with Gasteiger partial charge >= 0.3 is 0 Å². The normalized spacial score (nSPS) is 12.8. The van der Waals surface area contributed by atoms with Crippen LogP contribution in [0.15, 0.2) is 17.8 Å². The lowest BCUT2D eigenvalue weighted by Crippen LogP contribution is -2.29. The summed E-state index contributed by atoms with van der Waals surface area (Å²) < 4.78 is 2.20. The van der Waals surface area contributed by atoms with E-state index in [1.54, 1.807) is 11.3 Å². The largest absolute Gasteiger partial charge is 0.335 e. The zero-order valence-electron chi connectivity index (χ0n) is 11.9. The molecule has 0 radical (unpaired) electrons. The van der Waals surface area contributed by atoms with Crippen molar-refractivity contribution in [3.05, 3.63) is 34.3 Å². The standard InChI is InChI=1S/C14H22N4S/c1-11(5-8-18-9-7-16-13(18)3)15-6-4-14-17-12(2)10-19-14/h7,9-11,15H,4-6,8H2,1-3H3. The third-order valence-electron chi connectivity index (χ3n) is 3.22. The highest BCUT2D eigenvalue weighted by Gasteiger charge is 2.04. The number of aromatic nitrogens is 3. The Bertz CT molecular complexity index is 503. The molecule has 0 spiro atoms. The van der Waals surface area contributed by atoms with Crippen LogP contribution in [0.3, 0.4) is 0 Å². The Kier molecular flexibility index (Phi) is 5.10. The van der Waals surface area contributed by atoms with Gasteiger partial charge in [0, 0.05) is 49.0 Å². The average Bonchev–Trinajstić information content (AvgIpc) is 2.96. The summed E-state index contributed by atoms with van der Waals surface area (Å²) in [6.45, 7) is 8.35. The van der Waals surface area contributed by atoms with Crippen molar-refractivity contribution in [1.29, 1.82) is 0 Å². The third-order valence-corrected chi connectivity index (χ3v) is 4.25. The molecule has 0 aliphatic heterocycles. The van der Waals surface area contributed by atoms with Gasteiger partial charge in [-0.05, 0) is 27.2 Å². The van der Waals surface area contributed by atoms with Gasteiger partial charge in [-0.2, -0.15) is 0 Å². The fourth-order valence-electron chi connectivity index (χ4n) is 2.02. The number of nitrogens with one attached hydrogen (secondary N) is 1. The number of hydrogen-bond donors (Lipinski definition) is 1. The predicted molar refractivity (Wildman–Crippen MR) is 79.6 cm³/mol. The van der Waals surface area contributed by atoms with E-state index in [9.17, 15) is 0 Å². The second kappa shape index (κ2) is 6.82. The van der Waals surface area contributed by atoms with Crippen molar-refractivity contribution in [1.82, 2.24) is 19.9 Å². The van der Waals surface area contributed by atoms with Crippen LogP contribution in [-0.2, 0) is 13.0 Å². The molecule has 0 aliphatic rings. The molecule has 2 rings (SSSR count). The summed E-state index contributed by atoms with van der Waals surface area (Å²) in [5.74, 6) is 1.09. The van der Waals surface area contributed by atoms with Crippen LogP contribution in [0.4, 0.5) is 0 Å². The molecule has 2 aromatic heterocycles. The molecule has 0 bridgehead atoms. The van der Waals surface area contributed by atoms with Crippen LogP contribution in [-0.4, -0.2) is 27.1 Å². The van der Waals surface area contributed by atoms with Gasteiger partial charge in [0.25, 0.3) is 0 Å². The van der Waals surface area contributed by atoms with E-state index in [0.717, 1.165) is 37.4 Å². The minimum absolute atomic E-state index is 0.517. The van der Waals surface area contributed by atoms with E-state index >= 15 is 0 Å². The number of imidazole rings is 1. The highest BCUT2D eigenvalue weighted by molar-refractivity contribution is 7.09. The molecule has 19 heavy (non-hydrogen) atoms. The zero-order chi connectivity index (χ0) is 13.7. The first-order valence-corrected chi connectivity index (χ1v) is 7.65. The van der Waals surface area contributed by atoms with Crippen molar-refractivity contribution < 1.29 is 0 Å². The quantitative estimate of drug-likeness (QED) is 0.846. The minimum atomic E-state index is 0.517. The van der Waals surface area contributed by atoms with Crippen molar-refractivity contribution in [2.75, 3.05) is 6.54 Å². The van der Waals surface area contributed by atoms with Crippen LogP contribution >= 0.6 is 11.3 Å². The summed E-state index contributed by atoms with van der Waals surface area (Å²) in [6.07, 6.45) is 6.04. The predicted octanol–water partition coefficient (Wildman–Crippen LogP) is 2.57. The Morgan fingerprint density at radius 2 is 2.26 bits per heavy atom. The van der Waals surface area contributed by atoms with Crippen LogP contribution in [0.5, 0.6) is 0 Å². The van der Waals surface area contributed by atoms with Gasteiger partial charge in [0.05, 0.1) is 5.01 Å². The van der Waals surface area contributed by atoms with E-state index in [4.69, 9.17) is 0 Å². The molecule has 1 N–H and O–H groups in total. The zero-order valence-corrected chi connectivity index (χ0v) is 12.7. The first-order valence-electron chi connectivity index (χ1n) is 6.77. The Balaban J connectivity index is 1.64. The van der Waals surface area contributed by atoms with Gasteiger partial charge in [0.15, 0.2) is 0 Å². The summed E-state index contributed by atoms with van der Waals surface area (Å²) in [6, 6.07) is 0.517. The summed E-state index contributed by atoms with van der Waals surface area (Å²) >= 11 is 1.75. The van der Waals surface area contributed by atoms with E-state index in [-0.39, 0.29) is 0 Å². The maximum atomic E-state index is 4.47. The van der Waals surface area contributed by atoms with Crippen molar-refractivity contribution in [3.63, 3.8) is 0 Å². The molecular weight excluding hydrogens is 256 g/mol. The lowest BCUT2D eigenvalue weighted by Gasteiger charge is -2.14. The van der Waals surface area contributed by atoms with Gasteiger partial charge in [-0.1, -0.05) is 0 Å². The SMILES string of the molecule is Cc1csc(CCNC(C)CCn2ccnc2C)n1. The molecule has 0 saturated carbocycles. The van der Waals surface area contributed by atoms with Crippen molar-refractivity contribution in [2.45, 2.75) is 46.2 Å². The number of hydrogen-bond acceptors (Lipinski definition) is 4. The van der Waals surface area contributed by atoms with Gasteiger partial charge in [0.1, 0.15) is 5.82 Å². The molecule has 5 heteroatoms. The molecule has 0 aliphatic carbocycles. The Hall–Kier alpha value is -1.20. The van der Waals surface area contributed by atoms with Crippen molar-refractivity contribution in [3.8, 4) is 0 Å². The lowest BCUT2D eigenvalue weighted by molar-refractivity contribution is 0.475. The highest BCUT2D eigenvalue weighted by atomic mass is 32.1. The molecule has 2 heterocycles. The molecular formula is C14H22N4S. The second-order valence-corrected chi connectivity index (χ2v) is 5.89. The first-order chi connectivity index (χ1) is 9.15. The van der Waals surface area contributed by atoms with Crippen LogP contribution in [0.25, 0.3) is 0 Å². The Morgan fingerprint density at radius 1 is 1.42 bits per heavy atom. The number of aryl methyl sites for hydroxylation is 3. The molecule has 0 aromatic carbocycles. The Labute approximate surface area is 118 Å². The molecule has 4 nitrogen and oxygen atoms in total. The van der Waals surface area contributed by atoms with E-state index in [2.05, 4.69) is 32.2 Å². The molecule has 0 saturated heterocycles. The maximum Gasteiger partial charge on any atom is 0.105 e. The number of thiazole rings is 1. The minimum Gasteiger partial charge on any atom is -0.335 e. The van der Waals surface area contributed by atoms with Gasteiger partial charge in [0.2, 0.25) is 0 Å². The topological polar surface area (TPSA) is 42.7 Å². The summed E-state index contributed by atoms with van der Waals surface area (Å²) in [5, 5.41) is 6.89. The summed E-state index contributed by atoms with van der Waals surface area (Å²) in [7, 11) is 0. The average molecular weight is 278 g/mol. The van der Waals surface area contributed by atoms with Gasteiger partial charge in [-0.25, -0.2) is 9.97 Å². The fourth-order valence-corrected chi connectivity index (χ4v) is 2.79. The molecule has 2 aromatic rings. The van der Waals surface area contributed by atoms with Crippen LogP contribution in [0.1, 0.15) is 29.9 Å². The van der Waals surface area contributed by atoms with E-state index in [0.29, 0.717) is 6.04 Å². The number of nitrogens with zero attached hydrogens (tertiary/aromatic N) is 3. The number of rotatable bonds is 7. The van der Waals surface area contributed by atoms with E-state index < -0.39 is 0 Å². The summed E-state index contributed by atoms with van der Waals surface area (Å²) in [4.78, 5) is 8.71.